The van der Waals surface area contributed by atoms with Crippen molar-refractivity contribution in [1.29, 1.82) is 0 Å². The highest BCUT2D eigenvalue weighted by Gasteiger charge is 2.15. The largest absolute Gasteiger partial charge is 0.492 e. The number of H-pyrrole nitrogens is 1. The molecule has 0 radical (unpaired) electrons. The van der Waals surface area contributed by atoms with Gasteiger partial charge < -0.3 is 15.0 Å². The summed E-state index contributed by atoms with van der Waals surface area (Å²) in [5, 5.41) is 3.87. The molecular weight excluding hydrogens is 288 g/mol. The highest BCUT2D eigenvalue weighted by atomic mass is 16.5. The third-order valence-corrected chi connectivity index (χ3v) is 3.77. The van der Waals surface area contributed by atoms with Crippen LogP contribution in [-0.2, 0) is 0 Å². The standard InChI is InChI=1S/C19H20N2O2/c1-13-6-5-7-15(12-13)23-11-10-20-19(22)18-14(2)21-17-9-4-3-8-16(17)18/h3-9,12,21H,10-11H2,1-2H3,(H,20,22). The fourth-order valence-corrected chi connectivity index (χ4v) is 2.70. The summed E-state index contributed by atoms with van der Waals surface area (Å²) in [7, 11) is 0. The molecular formula is C19H20N2O2. The number of carbonyl (C=O) groups is 1. The number of para-hydroxylation sites is 1. The lowest BCUT2D eigenvalue weighted by Gasteiger charge is -2.08. The Hall–Kier alpha value is -2.75. The van der Waals surface area contributed by atoms with Crippen molar-refractivity contribution >= 4 is 16.8 Å². The van der Waals surface area contributed by atoms with E-state index in [1.807, 2.05) is 62.4 Å². The van der Waals surface area contributed by atoms with E-state index in [0.717, 1.165) is 27.9 Å². The first kappa shape index (κ1) is 15.2. The molecule has 0 saturated carbocycles. The van der Waals surface area contributed by atoms with Crippen molar-refractivity contribution in [2.75, 3.05) is 13.2 Å². The molecule has 23 heavy (non-hydrogen) atoms. The van der Waals surface area contributed by atoms with Gasteiger partial charge in [-0.25, -0.2) is 0 Å². The Bertz CT molecular complexity index is 836. The molecule has 1 amide bonds. The molecule has 0 aliphatic rings. The number of hydrogen-bond acceptors (Lipinski definition) is 2. The predicted molar refractivity (Wildman–Crippen MR) is 92.0 cm³/mol. The Labute approximate surface area is 135 Å². The SMILES string of the molecule is Cc1cccc(OCCNC(=O)c2c(C)[nH]c3ccccc23)c1. The van der Waals surface area contributed by atoms with Crippen molar-refractivity contribution in [1.82, 2.24) is 10.3 Å². The number of fused-ring (bicyclic) bond motifs is 1. The van der Waals surface area contributed by atoms with E-state index in [0.29, 0.717) is 18.7 Å². The van der Waals surface area contributed by atoms with E-state index in [4.69, 9.17) is 4.74 Å². The molecule has 0 atom stereocenters. The zero-order valence-corrected chi connectivity index (χ0v) is 13.3. The maximum absolute atomic E-state index is 12.4. The Morgan fingerprint density at radius 1 is 1.13 bits per heavy atom. The average molecular weight is 308 g/mol. The van der Waals surface area contributed by atoms with Crippen molar-refractivity contribution in [3.8, 4) is 5.75 Å². The van der Waals surface area contributed by atoms with Crippen LogP contribution in [0.4, 0.5) is 0 Å². The summed E-state index contributed by atoms with van der Waals surface area (Å²) in [6.07, 6.45) is 0. The second-order valence-electron chi connectivity index (χ2n) is 5.59. The number of rotatable bonds is 5. The molecule has 4 nitrogen and oxygen atoms in total. The van der Waals surface area contributed by atoms with Crippen LogP contribution in [0.3, 0.4) is 0 Å². The molecule has 0 aliphatic heterocycles. The highest BCUT2D eigenvalue weighted by Crippen LogP contribution is 2.21. The minimum atomic E-state index is -0.0761. The van der Waals surface area contributed by atoms with Gasteiger partial charge in [-0.05, 0) is 37.6 Å². The molecule has 2 N–H and O–H groups in total. The summed E-state index contributed by atoms with van der Waals surface area (Å²) in [4.78, 5) is 15.7. The first-order chi connectivity index (χ1) is 11.1. The number of aromatic nitrogens is 1. The van der Waals surface area contributed by atoms with Crippen LogP contribution in [0.5, 0.6) is 5.75 Å². The van der Waals surface area contributed by atoms with Gasteiger partial charge >= 0.3 is 0 Å². The van der Waals surface area contributed by atoms with Crippen molar-refractivity contribution in [2.24, 2.45) is 0 Å². The lowest BCUT2D eigenvalue weighted by molar-refractivity contribution is 0.0948. The van der Waals surface area contributed by atoms with E-state index in [1.54, 1.807) is 0 Å². The second kappa shape index (κ2) is 6.57. The first-order valence-electron chi connectivity index (χ1n) is 7.70. The van der Waals surface area contributed by atoms with Crippen molar-refractivity contribution in [3.05, 3.63) is 65.4 Å². The number of carbonyl (C=O) groups excluding carboxylic acids is 1. The third-order valence-electron chi connectivity index (χ3n) is 3.77. The molecule has 3 aromatic rings. The number of amides is 1. The van der Waals surface area contributed by atoms with Gasteiger partial charge in [-0.2, -0.15) is 0 Å². The molecule has 0 unspecified atom stereocenters. The lowest BCUT2D eigenvalue weighted by Crippen LogP contribution is -2.28. The van der Waals surface area contributed by atoms with Gasteiger partial charge in [-0.3, -0.25) is 4.79 Å². The number of benzene rings is 2. The molecule has 4 heteroatoms. The highest BCUT2D eigenvalue weighted by molar-refractivity contribution is 6.08. The van der Waals surface area contributed by atoms with E-state index in [2.05, 4.69) is 10.3 Å². The zero-order chi connectivity index (χ0) is 16.2. The maximum atomic E-state index is 12.4. The summed E-state index contributed by atoms with van der Waals surface area (Å²) in [6, 6.07) is 15.7. The summed E-state index contributed by atoms with van der Waals surface area (Å²) >= 11 is 0. The molecule has 0 fully saturated rings. The molecule has 1 aromatic heterocycles. The van der Waals surface area contributed by atoms with Crippen LogP contribution in [0, 0.1) is 13.8 Å². The van der Waals surface area contributed by atoms with Crippen LogP contribution in [-0.4, -0.2) is 24.0 Å². The van der Waals surface area contributed by atoms with Gasteiger partial charge in [-0.15, -0.1) is 0 Å². The first-order valence-corrected chi connectivity index (χ1v) is 7.70. The van der Waals surface area contributed by atoms with Crippen molar-refractivity contribution in [2.45, 2.75) is 13.8 Å². The third kappa shape index (κ3) is 3.37. The topological polar surface area (TPSA) is 54.1 Å². The normalized spacial score (nSPS) is 10.7. The molecule has 0 spiro atoms. The van der Waals surface area contributed by atoms with Gasteiger partial charge in [-0.1, -0.05) is 30.3 Å². The number of hydrogen-bond donors (Lipinski definition) is 2. The van der Waals surface area contributed by atoms with Crippen LogP contribution >= 0.6 is 0 Å². The van der Waals surface area contributed by atoms with E-state index >= 15 is 0 Å². The number of ether oxygens (including phenoxy) is 1. The number of aromatic amines is 1. The van der Waals surface area contributed by atoms with E-state index < -0.39 is 0 Å². The molecule has 3 rings (SSSR count). The minimum Gasteiger partial charge on any atom is -0.492 e. The van der Waals surface area contributed by atoms with Crippen LogP contribution in [0.1, 0.15) is 21.6 Å². The van der Waals surface area contributed by atoms with E-state index in [9.17, 15) is 4.79 Å². The van der Waals surface area contributed by atoms with Gasteiger partial charge in [0.15, 0.2) is 0 Å². The summed E-state index contributed by atoms with van der Waals surface area (Å²) in [5.41, 5.74) is 3.71. The van der Waals surface area contributed by atoms with Gasteiger partial charge in [0.25, 0.3) is 5.91 Å². The molecule has 118 valence electrons. The minimum absolute atomic E-state index is 0.0761. The molecule has 1 heterocycles. The number of nitrogens with one attached hydrogen (secondary N) is 2. The Morgan fingerprint density at radius 2 is 1.96 bits per heavy atom. The average Bonchev–Trinajstić information content (AvgIpc) is 2.87. The maximum Gasteiger partial charge on any atom is 0.253 e. The Kier molecular flexibility index (Phi) is 4.33. The van der Waals surface area contributed by atoms with Gasteiger partial charge in [0.2, 0.25) is 0 Å². The van der Waals surface area contributed by atoms with Crippen molar-refractivity contribution < 1.29 is 9.53 Å². The molecule has 0 aliphatic carbocycles. The van der Waals surface area contributed by atoms with E-state index in [1.165, 1.54) is 0 Å². The molecule has 0 bridgehead atoms. The van der Waals surface area contributed by atoms with Crippen LogP contribution in [0.15, 0.2) is 48.5 Å². The Morgan fingerprint density at radius 3 is 2.78 bits per heavy atom. The van der Waals surface area contributed by atoms with E-state index in [-0.39, 0.29) is 5.91 Å². The fourth-order valence-electron chi connectivity index (χ4n) is 2.70. The summed E-state index contributed by atoms with van der Waals surface area (Å²) < 4.78 is 5.65. The van der Waals surface area contributed by atoms with Crippen molar-refractivity contribution in [3.63, 3.8) is 0 Å². The second-order valence-corrected chi connectivity index (χ2v) is 5.59. The van der Waals surface area contributed by atoms with Gasteiger partial charge in [0, 0.05) is 16.6 Å². The zero-order valence-electron chi connectivity index (χ0n) is 13.3. The summed E-state index contributed by atoms with van der Waals surface area (Å²) in [6.45, 7) is 4.84. The van der Waals surface area contributed by atoms with Gasteiger partial charge in [0.1, 0.15) is 12.4 Å². The quantitative estimate of drug-likeness (QED) is 0.708. The van der Waals surface area contributed by atoms with Gasteiger partial charge in [0.05, 0.1) is 12.1 Å². The lowest BCUT2D eigenvalue weighted by atomic mass is 10.1. The fraction of sp³-hybridized carbons (Fsp3) is 0.211. The summed E-state index contributed by atoms with van der Waals surface area (Å²) in [5.74, 6) is 0.746. The molecule has 2 aromatic carbocycles. The number of aryl methyl sites for hydroxylation is 2. The predicted octanol–water partition coefficient (Wildman–Crippen LogP) is 3.59. The van der Waals surface area contributed by atoms with Crippen LogP contribution < -0.4 is 10.1 Å². The van der Waals surface area contributed by atoms with Crippen LogP contribution in [0.25, 0.3) is 10.9 Å². The van der Waals surface area contributed by atoms with Crippen LogP contribution in [0.2, 0.25) is 0 Å². The molecule has 0 saturated heterocycles. The Balaban J connectivity index is 1.60. The smallest absolute Gasteiger partial charge is 0.253 e. The monoisotopic (exact) mass is 308 g/mol.